The molecule has 0 unspecified atom stereocenters. The number of ether oxygens (including phenoxy) is 3. The van der Waals surface area contributed by atoms with E-state index in [4.69, 9.17) is 14.2 Å². The highest BCUT2D eigenvalue weighted by molar-refractivity contribution is 6.24. The van der Waals surface area contributed by atoms with Crippen molar-refractivity contribution in [2.45, 2.75) is 52.2 Å². The number of amides is 3. The first-order valence-electron chi connectivity index (χ1n) is 12.8. The lowest BCUT2D eigenvalue weighted by molar-refractivity contribution is -0.153. The molecule has 3 amide bonds. The first-order chi connectivity index (χ1) is 18.5. The van der Waals surface area contributed by atoms with Crippen LogP contribution in [0.4, 0.5) is 4.79 Å². The van der Waals surface area contributed by atoms with E-state index in [9.17, 15) is 19.2 Å². The Kier molecular flexibility index (Phi) is 7.67. The average molecular weight is 536 g/mol. The largest absolute Gasteiger partial charge is 0.491 e. The van der Waals surface area contributed by atoms with Gasteiger partial charge in [0, 0.05) is 23.5 Å². The van der Waals surface area contributed by atoms with Crippen molar-refractivity contribution < 1.29 is 33.4 Å². The molecule has 0 saturated carbocycles. The first kappa shape index (κ1) is 27.7. The number of para-hydroxylation sites is 1. The first-order valence-corrected chi connectivity index (χ1v) is 12.8. The maximum atomic E-state index is 13.8. The number of H-pyrrole nitrogens is 1. The minimum absolute atomic E-state index is 0.0294. The van der Waals surface area contributed by atoms with Crippen LogP contribution < -0.4 is 10.1 Å². The molecule has 0 spiro atoms. The van der Waals surface area contributed by atoms with E-state index in [1.807, 2.05) is 24.3 Å². The number of rotatable bonds is 9. The van der Waals surface area contributed by atoms with E-state index in [1.165, 1.54) is 6.07 Å². The molecule has 2 heterocycles. The fraction of sp³-hybridized carbons (Fsp3) is 0.379. The Morgan fingerprint density at radius 3 is 2.46 bits per heavy atom. The fourth-order valence-electron chi connectivity index (χ4n) is 4.63. The lowest BCUT2D eigenvalue weighted by Gasteiger charge is -2.35. The van der Waals surface area contributed by atoms with Crippen LogP contribution in [0.1, 0.15) is 60.9 Å². The van der Waals surface area contributed by atoms with Crippen LogP contribution in [0.5, 0.6) is 5.75 Å². The molecule has 0 saturated heterocycles. The normalized spacial score (nSPS) is 14.6. The number of alkyl carbamates (subject to hydrolysis) is 1. The van der Waals surface area contributed by atoms with Gasteiger partial charge in [0.2, 0.25) is 0 Å². The molecular formula is C29H33N3O7. The van der Waals surface area contributed by atoms with E-state index >= 15 is 0 Å². The molecule has 0 aliphatic carbocycles. The average Bonchev–Trinajstić information content (AvgIpc) is 3.39. The van der Waals surface area contributed by atoms with E-state index < -0.39 is 35.0 Å². The maximum Gasteiger partial charge on any atom is 0.407 e. The summed E-state index contributed by atoms with van der Waals surface area (Å²) in [6, 6.07) is 12.3. The van der Waals surface area contributed by atoms with Gasteiger partial charge in [-0.1, -0.05) is 24.3 Å². The van der Waals surface area contributed by atoms with Crippen LogP contribution in [-0.4, -0.2) is 64.7 Å². The van der Waals surface area contributed by atoms with Crippen molar-refractivity contribution in [1.82, 2.24) is 15.2 Å². The van der Waals surface area contributed by atoms with Crippen molar-refractivity contribution in [3.8, 4) is 5.75 Å². The fourth-order valence-corrected chi connectivity index (χ4v) is 4.63. The quantitative estimate of drug-likeness (QED) is 0.238. The zero-order valence-corrected chi connectivity index (χ0v) is 22.8. The molecule has 2 N–H and O–H groups in total. The Bertz CT molecular complexity index is 1420. The van der Waals surface area contributed by atoms with Gasteiger partial charge in [0.15, 0.2) is 0 Å². The van der Waals surface area contributed by atoms with Crippen LogP contribution in [0.25, 0.3) is 10.9 Å². The molecule has 10 heteroatoms. The molecule has 3 aromatic rings. The number of nitrogens with one attached hydrogen (secondary N) is 2. The van der Waals surface area contributed by atoms with Crippen molar-refractivity contribution in [3.63, 3.8) is 0 Å². The lowest BCUT2D eigenvalue weighted by atomic mass is 9.90. The monoisotopic (exact) mass is 535 g/mol. The Labute approximate surface area is 226 Å². The number of aromatic amines is 1. The number of carbonyl (C=O) groups is 4. The molecule has 1 aromatic heterocycles. The number of fused-ring (bicyclic) bond motifs is 2. The van der Waals surface area contributed by atoms with Gasteiger partial charge < -0.3 is 24.5 Å². The molecule has 1 aliphatic rings. The second kappa shape index (κ2) is 10.8. The number of nitrogens with zero attached hydrogens (tertiary/aromatic N) is 1. The van der Waals surface area contributed by atoms with Crippen LogP contribution in [0.3, 0.4) is 0 Å². The molecule has 0 radical (unpaired) electrons. The molecule has 206 valence electrons. The van der Waals surface area contributed by atoms with Crippen molar-refractivity contribution in [2.75, 3.05) is 19.8 Å². The molecule has 4 rings (SSSR count). The van der Waals surface area contributed by atoms with Gasteiger partial charge in [0.05, 0.1) is 24.3 Å². The zero-order chi connectivity index (χ0) is 28.4. The third kappa shape index (κ3) is 5.59. The SMILES string of the molecule is CCOC(=O)[C@](C)(Cc1c[nH]c2ccccc12)N1C(=O)c2cccc(OCCNC(=O)OC(C)(C)C)c2C1=O. The summed E-state index contributed by atoms with van der Waals surface area (Å²) in [4.78, 5) is 56.8. The van der Waals surface area contributed by atoms with Crippen LogP contribution in [-0.2, 0) is 20.7 Å². The summed E-state index contributed by atoms with van der Waals surface area (Å²) >= 11 is 0. The smallest absolute Gasteiger partial charge is 0.407 e. The van der Waals surface area contributed by atoms with E-state index in [0.29, 0.717) is 0 Å². The standard InChI is InChI=1S/C29H33N3O7/c1-6-37-26(35)29(5,16-18-17-31-21-12-8-7-10-19(18)21)32-24(33)20-11-9-13-22(23(20)25(32)34)38-15-14-30-27(36)39-28(2,3)4/h7-13,17,31H,6,14-16H2,1-5H3,(H,30,36)/t29-/m0/s1. The van der Waals surface area contributed by atoms with E-state index in [2.05, 4.69) is 10.3 Å². The highest BCUT2D eigenvalue weighted by atomic mass is 16.6. The van der Waals surface area contributed by atoms with Gasteiger partial charge in [-0.2, -0.15) is 0 Å². The summed E-state index contributed by atoms with van der Waals surface area (Å²) in [5, 5.41) is 3.47. The van der Waals surface area contributed by atoms with E-state index in [1.54, 1.807) is 52.9 Å². The number of imide groups is 1. The van der Waals surface area contributed by atoms with Gasteiger partial charge in [-0.05, 0) is 58.4 Å². The van der Waals surface area contributed by atoms with Gasteiger partial charge in [-0.15, -0.1) is 0 Å². The Morgan fingerprint density at radius 1 is 1.00 bits per heavy atom. The molecular weight excluding hydrogens is 502 g/mol. The number of carbonyl (C=O) groups excluding carboxylic acids is 4. The third-order valence-corrected chi connectivity index (χ3v) is 6.32. The summed E-state index contributed by atoms with van der Waals surface area (Å²) in [5.74, 6) is -1.77. The van der Waals surface area contributed by atoms with Crippen molar-refractivity contribution in [1.29, 1.82) is 0 Å². The van der Waals surface area contributed by atoms with E-state index in [0.717, 1.165) is 21.4 Å². The zero-order valence-electron chi connectivity index (χ0n) is 22.8. The molecule has 39 heavy (non-hydrogen) atoms. The molecule has 1 atom stereocenters. The predicted molar refractivity (Wildman–Crippen MR) is 144 cm³/mol. The third-order valence-electron chi connectivity index (χ3n) is 6.32. The number of hydrogen-bond donors (Lipinski definition) is 2. The second-order valence-electron chi connectivity index (χ2n) is 10.4. The number of benzene rings is 2. The van der Waals surface area contributed by atoms with Gasteiger partial charge >= 0.3 is 12.1 Å². The Balaban J connectivity index is 1.59. The van der Waals surface area contributed by atoms with Gasteiger partial charge in [-0.25, -0.2) is 9.59 Å². The van der Waals surface area contributed by atoms with Crippen molar-refractivity contribution in [2.24, 2.45) is 0 Å². The summed E-state index contributed by atoms with van der Waals surface area (Å²) < 4.78 is 16.4. The highest BCUT2D eigenvalue weighted by Crippen LogP contribution is 2.38. The van der Waals surface area contributed by atoms with Crippen molar-refractivity contribution in [3.05, 3.63) is 65.4 Å². The Hall–Kier alpha value is -4.34. The summed E-state index contributed by atoms with van der Waals surface area (Å²) in [5.41, 5.74) is -0.427. The summed E-state index contributed by atoms with van der Waals surface area (Å²) in [7, 11) is 0. The maximum absolute atomic E-state index is 13.8. The van der Waals surface area contributed by atoms with Gasteiger partial charge in [0.1, 0.15) is 23.5 Å². The molecule has 10 nitrogen and oxygen atoms in total. The minimum atomic E-state index is -1.62. The number of hydrogen-bond acceptors (Lipinski definition) is 7. The predicted octanol–water partition coefficient (Wildman–Crippen LogP) is 4.23. The molecule has 2 aromatic carbocycles. The molecule has 1 aliphatic heterocycles. The van der Waals surface area contributed by atoms with Crippen LogP contribution in [0.2, 0.25) is 0 Å². The van der Waals surface area contributed by atoms with E-state index in [-0.39, 0.29) is 43.1 Å². The molecule has 0 bridgehead atoms. The van der Waals surface area contributed by atoms with Crippen molar-refractivity contribution >= 4 is 34.8 Å². The van der Waals surface area contributed by atoms with Crippen LogP contribution in [0, 0.1) is 0 Å². The summed E-state index contributed by atoms with van der Waals surface area (Å²) in [6.07, 6.45) is 1.23. The topological polar surface area (TPSA) is 127 Å². The highest BCUT2D eigenvalue weighted by Gasteiger charge is 2.53. The van der Waals surface area contributed by atoms with Gasteiger partial charge in [-0.3, -0.25) is 14.5 Å². The summed E-state index contributed by atoms with van der Waals surface area (Å²) in [6.45, 7) is 8.72. The second-order valence-corrected chi connectivity index (χ2v) is 10.4. The molecule has 0 fully saturated rings. The Morgan fingerprint density at radius 2 is 1.74 bits per heavy atom. The van der Waals surface area contributed by atoms with Crippen LogP contribution >= 0.6 is 0 Å². The lowest BCUT2D eigenvalue weighted by Crippen LogP contribution is -2.57. The van der Waals surface area contributed by atoms with Gasteiger partial charge in [0.25, 0.3) is 11.8 Å². The minimum Gasteiger partial charge on any atom is -0.491 e. The number of esters is 1. The number of aromatic nitrogens is 1. The van der Waals surface area contributed by atoms with Crippen LogP contribution in [0.15, 0.2) is 48.7 Å².